The first-order valence-electron chi connectivity index (χ1n) is 8.90. The van der Waals surface area contributed by atoms with Gasteiger partial charge in [0.1, 0.15) is 5.56 Å². The van der Waals surface area contributed by atoms with E-state index in [4.69, 9.17) is 0 Å². The molecule has 7 nitrogen and oxygen atoms in total. The number of hydrogen-bond donors (Lipinski definition) is 2. The molecule has 2 N–H and O–H groups in total. The van der Waals surface area contributed by atoms with Crippen LogP contribution in [-0.2, 0) is 0 Å². The molecular formula is C21H18N4O3S. The first kappa shape index (κ1) is 18.8. The van der Waals surface area contributed by atoms with Crippen molar-refractivity contribution in [2.75, 3.05) is 0 Å². The number of benzene rings is 2. The van der Waals surface area contributed by atoms with Gasteiger partial charge in [0, 0.05) is 6.21 Å². The summed E-state index contributed by atoms with van der Waals surface area (Å²) in [7, 11) is 0. The largest absolute Gasteiger partial charge is 0.493 e. The Hall–Kier alpha value is -3.52. The summed E-state index contributed by atoms with van der Waals surface area (Å²) in [6.45, 7) is 5.76. The zero-order valence-electron chi connectivity index (χ0n) is 16.1. The quantitative estimate of drug-likeness (QED) is 0.509. The van der Waals surface area contributed by atoms with Crippen molar-refractivity contribution < 1.29 is 5.11 Å². The topological polar surface area (TPSA) is 100 Å². The summed E-state index contributed by atoms with van der Waals surface area (Å²) < 4.78 is 2.05. The van der Waals surface area contributed by atoms with Crippen LogP contribution in [0.1, 0.15) is 22.3 Å². The van der Waals surface area contributed by atoms with E-state index in [2.05, 4.69) is 15.0 Å². The van der Waals surface area contributed by atoms with Crippen LogP contribution in [0.4, 0.5) is 5.13 Å². The van der Waals surface area contributed by atoms with Gasteiger partial charge in [-0.25, -0.2) is 19.3 Å². The number of aryl methyl sites for hydroxylation is 3. The predicted octanol–water partition coefficient (Wildman–Crippen LogP) is 3.52. The van der Waals surface area contributed by atoms with Crippen LogP contribution in [0.5, 0.6) is 5.88 Å². The molecule has 0 bridgehead atoms. The fourth-order valence-electron chi connectivity index (χ4n) is 3.13. The zero-order valence-corrected chi connectivity index (χ0v) is 16.9. The van der Waals surface area contributed by atoms with Crippen LogP contribution in [0.2, 0.25) is 0 Å². The number of H-pyrrole nitrogens is 1. The molecule has 4 aromatic rings. The molecule has 0 unspecified atom stereocenters. The number of aromatic hydroxyl groups is 1. The Kier molecular flexibility index (Phi) is 4.63. The molecule has 0 amide bonds. The summed E-state index contributed by atoms with van der Waals surface area (Å²) >= 11 is 1.38. The lowest BCUT2D eigenvalue weighted by Gasteiger charge is -2.12. The molecule has 0 radical (unpaired) electrons. The summed E-state index contributed by atoms with van der Waals surface area (Å²) in [4.78, 5) is 35.6. The van der Waals surface area contributed by atoms with E-state index in [1.807, 2.05) is 51.1 Å². The number of rotatable bonds is 3. The monoisotopic (exact) mass is 406 g/mol. The van der Waals surface area contributed by atoms with Crippen LogP contribution < -0.4 is 11.2 Å². The second kappa shape index (κ2) is 7.14. The van der Waals surface area contributed by atoms with Crippen molar-refractivity contribution >= 4 is 32.9 Å². The molecule has 0 aliphatic rings. The molecule has 2 aromatic heterocycles. The molecule has 0 spiro atoms. The smallest absolute Gasteiger partial charge is 0.335 e. The lowest BCUT2D eigenvalue weighted by molar-refractivity contribution is 0.430. The van der Waals surface area contributed by atoms with Crippen molar-refractivity contribution in [3.8, 4) is 11.6 Å². The molecule has 0 fully saturated rings. The molecule has 29 heavy (non-hydrogen) atoms. The van der Waals surface area contributed by atoms with E-state index in [0.29, 0.717) is 10.8 Å². The Morgan fingerprint density at radius 2 is 1.83 bits per heavy atom. The van der Waals surface area contributed by atoms with Crippen molar-refractivity contribution in [3.05, 3.63) is 79.5 Å². The lowest BCUT2D eigenvalue weighted by Crippen LogP contribution is -2.31. The Morgan fingerprint density at radius 1 is 1.10 bits per heavy atom. The van der Waals surface area contributed by atoms with E-state index in [1.54, 1.807) is 6.07 Å². The number of aromatic nitrogens is 3. The minimum absolute atomic E-state index is 0.111. The maximum absolute atomic E-state index is 12.4. The molecule has 2 aromatic carbocycles. The summed E-state index contributed by atoms with van der Waals surface area (Å²) in [6.07, 6.45) is 1.23. The molecular weight excluding hydrogens is 388 g/mol. The van der Waals surface area contributed by atoms with Gasteiger partial charge in [0.15, 0.2) is 0 Å². The molecule has 146 valence electrons. The van der Waals surface area contributed by atoms with Crippen LogP contribution in [0.15, 0.2) is 51.0 Å². The van der Waals surface area contributed by atoms with Gasteiger partial charge in [0.25, 0.3) is 5.56 Å². The van der Waals surface area contributed by atoms with E-state index < -0.39 is 17.1 Å². The Morgan fingerprint density at radius 3 is 2.59 bits per heavy atom. The molecule has 2 heterocycles. The minimum atomic E-state index is -0.716. The minimum Gasteiger partial charge on any atom is -0.493 e. The number of nitrogens with zero attached hydrogens (tertiary/aromatic N) is 3. The number of nitrogens with one attached hydrogen (secondary N) is 1. The summed E-state index contributed by atoms with van der Waals surface area (Å²) in [5.74, 6) is -0.466. The summed E-state index contributed by atoms with van der Waals surface area (Å²) in [5, 5.41) is 11.1. The molecule has 0 saturated carbocycles. The van der Waals surface area contributed by atoms with E-state index in [-0.39, 0.29) is 5.56 Å². The maximum atomic E-state index is 12.4. The third kappa shape index (κ3) is 3.50. The van der Waals surface area contributed by atoms with Crippen LogP contribution >= 0.6 is 11.3 Å². The fourth-order valence-corrected chi connectivity index (χ4v) is 4.04. The van der Waals surface area contributed by atoms with Crippen LogP contribution in [0, 0.1) is 20.8 Å². The predicted molar refractivity (Wildman–Crippen MR) is 115 cm³/mol. The number of aromatic amines is 1. The lowest BCUT2D eigenvalue weighted by atomic mass is 10.1. The van der Waals surface area contributed by atoms with Crippen molar-refractivity contribution in [2.45, 2.75) is 20.8 Å². The Bertz CT molecular complexity index is 1400. The zero-order chi connectivity index (χ0) is 20.7. The normalized spacial score (nSPS) is 11.6. The third-order valence-electron chi connectivity index (χ3n) is 4.55. The standard InChI is InChI=1S/C21H18N4O3S/c1-11-5-7-16(13(3)8-11)25-19(27)14(18(26)24-21(25)28)10-22-20-23-15-6-4-12(2)9-17(15)29-20/h4-10,27H,1-3H3,(H,24,26,28). The number of fused-ring (bicyclic) bond motifs is 1. The van der Waals surface area contributed by atoms with Gasteiger partial charge in [-0.2, -0.15) is 0 Å². The average molecular weight is 406 g/mol. The van der Waals surface area contributed by atoms with Gasteiger partial charge >= 0.3 is 5.69 Å². The molecule has 0 aliphatic carbocycles. The Balaban J connectivity index is 1.82. The Labute approximate surface area is 169 Å². The molecule has 0 saturated heterocycles. The highest BCUT2D eigenvalue weighted by molar-refractivity contribution is 7.22. The van der Waals surface area contributed by atoms with Gasteiger partial charge in [-0.1, -0.05) is 35.1 Å². The van der Waals surface area contributed by atoms with Gasteiger partial charge in [-0.3, -0.25) is 9.78 Å². The fraction of sp³-hybridized carbons (Fsp3) is 0.143. The summed E-state index contributed by atoms with van der Waals surface area (Å²) in [6, 6.07) is 11.3. The van der Waals surface area contributed by atoms with Crippen molar-refractivity contribution in [3.63, 3.8) is 0 Å². The van der Waals surface area contributed by atoms with Gasteiger partial charge in [0.05, 0.1) is 15.9 Å². The second-order valence-electron chi connectivity index (χ2n) is 6.85. The van der Waals surface area contributed by atoms with Crippen molar-refractivity contribution in [2.24, 2.45) is 4.99 Å². The van der Waals surface area contributed by atoms with Crippen molar-refractivity contribution in [1.29, 1.82) is 0 Å². The first-order valence-corrected chi connectivity index (χ1v) is 9.72. The average Bonchev–Trinajstić information content (AvgIpc) is 3.04. The highest BCUT2D eigenvalue weighted by atomic mass is 32.1. The SMILES string of the molecule is Cc1ccc(-n2c(O)c(C=Nc3nc4ccc(C)cc4s3)c(=O)[nH]c2=O)c(C)c1. The second-order valence-corrected chi connectivity index (χ2v) is 7.86. The number of aliphatic imine (C=N–C) groups is 1. The highest BCUT2D eigenvalue weighted by Gasteiger charge is 2.16. The van der Waals surface area contributed by atoms with Crippen LogP contribution in [0.25, 0.3) is 15.9 Å². The van der Waals surface area contributed by atoms with Gasteiger partial charge in [-0.15, -0.1) is 0 Å². The van der Waals surface area contributed by atoms with E-state index in [0.717, 1.165) is 31.5 Å². The highest BCUT2D eigenvalue weighted by Crippen LogP contribution is 2.29. The number of hydrogen-bond acceptors (Lipinski definition) is 6. The first-order chi connectivity index (χ1) is 13.8. The molecule has 8 heteroatoms. The van der Waals surface area contributed by atoms with E-state index >= 15 is 0 Å². The van der Waals surface area contributed by atoms with Gasteiger partial charge < -0.3 is 5.11 Å². The van der Waals surface area contributed by atoms with Crippen LogP contribution in [0.3, 0.4) is 0 Å². The van der Waals surface area contributed by atoms with Crippen LogP contribution in [-0.4, -0.2) is 25.9 Å². The third-order valence-corrected chi connectivity index (χ3v) is 5.48. The molecule has 0 aliphatic heterocycles. The summed E-state index contributed by atoms with van der Waals surface area (Å²) in [5.41, 5.74) is 2.69. The van der Waals surface area contributed by atoms with E-state index in [1.165, 1.54) is 17.6 Å². The number of thiazole rings is 1. The van der Waals surface area contributed by atoms with E-state index in [9.17, 15) is 14.7 Å². The van der Waals surface area contributed by atoms with Gasteiger partial charge in [-0.05, 0) is 50.1 Å². The maximum Gasteiger partial charge on any atom is 0.335 e. The van der Waals surface area contributed by atoms with Crippen molar-refractivity contribution in [1.82, 2.24) is 14.5 Å². The molecule has 0 atom stereocenters. The molecule has 4 rings (SSSR count). The van der Waals surface area contributed by atoms with Gasteiger partial charge in [0.2, 0.25) is 11.0 Å².